The lowest BCUT2D eigenvalue weighted by molar-refractivity contribution is -0.119. The van der Waals surface area contributed by atoms with E-state index in [0.29, 0.717) is 13.2 Å². The number of carbonyl (C=O) groups is 1. The van der Waals surface area contributed by atoms with Crippen LogP contribution >= 0.6 is 0 Å². The first kappa shape index (κ1) is 11.7. The van der Waals surface area contributed by atoms with Crippen LogP contribution in [0, 0.1) is 5.92 Å². The van der Waals surface area contributed by atoms with Gasteiger partial charge in [0.1, 0.15) is 0 Å². The minimum Gasteiger partial charge on any atom is -0.376 e. The van der Waals surface area contributed by atoms with Crippen LogP contribution in [0.1, 0.15) is 12.5 Å². The van der Waals surface area contributed by atoms with Crippen LogP contribution in [0.15, 0.2) is 43.0 Å². The molecule has 0 saturated carbocycles. The summed E-state index contributed by atoms with van der Waals surface area (Å²) in [7, 11) is 0. The van der Waals surface area contributed by atoms with Crippen molar-refractivity contribution in [1.82, 2.24) is 0 Å². The molecule has 2 nitrogen and oxygen atoms in total. The molecule has 2 heteroatoms. The van der Waals surface area contributed by atoms with E-state index in [1.807, 2.05) is 37.3 Å². The molecule has 0 unspecified atom stereocenters. The molecule has 1 atom stereocenters. The van der Waals surface area contributed by atoms with Crippen molar-refractivity contribution >= 4 is 5.78 Å². The summed E-state index contributed by atoms with van der Waals surface area (Å²) < 4.78 is 5.44. The van der Waals surface area contributed by atoms with E-state index in [2.05, 4.69) is 6.58 Å². The van der Waals surface area contributed by atoms with E-state index < -0.39 is 0 Å². The lowest BCUT2D eigenvalue weighted by Gasteiger charge is -2.08. The zero-order valence-electron chi connectivity index (χ0n) is 8.98. The zero-order valence-corrected chi connectivity index (χ0v) is 8.98. The molecule has 1 rings (SSSR count). The normalized spacial score (nSPS) is 12.1. The van der Waals surface area contributed by atoms with E-state index >= 15 is 0 Å². The van der Waals surface area contributed by atoms with Crippen molar-refractivity contribution in [2.24, 2.45) is 5.92 Å². The van der Waals surface area contributed by atoms with Crippen LogP contribution in [0.3, 0.4) is 0 Å². The lowest BCUT2D eigenvalue weighted by atomic mass is 10.1. The summed E-state index contributed by atoms with van der Waals surface area (Å²) >= 11 is 0. The second-order valence-electron chi connectivity index (χ2n) is 3.51. The van der Waals surface area contributed by atoms with Gasteiger partial charge in [0.05, 0.1) is 13.2 Å². The zero-order chi connectivity index (χ0) is 11.1. The summed E-state index contributed by atoms with van der Waals surface area (Å²) in [5.41, 5.74) is 1.12. The van der Waals surface area contributed by atoms with Crippen molar-refractivity contribution in [3.8, 4) is 0 Å². The Morgan fingerprint density at radius 1 is 1.47 bits per heavy atom. The molecular weight excluding hydrogens is 188 g/mol. The van der Waals surface area contributed by atoms with Gasteiger partial charge < -0.3 is 4.74 Å². The Morgan fingerprint density at radius 3 is 2.73 bits per heavy atom. The fourth-order valence-corrected chi connectivity index (χ4v) is 1.21. The molecule has 15 heavy (non-hydrogen) atoms. The largest absolute Gasteiger partial charge is 0.376 e. The van der Waals surface area contributed by atoms with Gasteiger partial charge in [-0.1, -0.05) is 43.8 Å². The minimum atomic E-state index is -0.105. The molecule has 0 fully saturated rings. The molecule has 0 aliphatic rings. The summed E-state index contributed by atoms with van der Waals surface area (Å²) in [6.45, 7) is 6.28. The van der Waals surface area contributed by atoms with Gasteiger partial charge in [-0.15, -0.1) is 0 Å². The highest BCUT2D eigenvalue weighted by Crippen LogP contribution is 2.04. The number of hydrogen-bond acceptors (Lipinski definition) is 2. The molecule has 0 aliphatic carbocycles. The van der Waals surface area contributed by atoms with Crippen molar-refractivity contribution in [1.29, 1.82) is 0 Å². The van der Waals surface area contributed by atoms with Crippen LogP contribution in [-0.4, -0.2) is 12.4 Å². The first-order valence-corrected chi connectivity index (χ1v) is 5.02. The van der Waals surface area contributed by atoms with Gasteiger partial charge in [-0.2, -0.15) is 0 Å². The lowest BCUT2D eigenvalue weighted by Crippen LogP contribution is -2.14. The average molecular weight is 204 g/mol. The summed E-state index contributed by atoms with van der Waals surface area (Å²) in [5, 5.41) is 0. The number of ether oxygens (including phenoxy) is 1. The van der Waals surface area contributed by atoms with E-state index in [1.54, 1.807) is 0 Å². The van der Waals surface area contributed by atoms with Gasteiger partial charge in [0.2, 0.25) is 0 Å². The van der Waals surface area contributed by atoms with Gasteiger partial charge in [-0.25, -0.2) is 0 Å². The van der Waals surface area contributed by atoms with E-state index in [9.17, 15) is 4.79 Å². The highest BCUT2D eigenvalue weighted by atomic mass is 16.5. The molecule has 0 heterocycles. The Balaban J connectivity index is 2.28. The molecule has 0 saturated heterocycles. The Kier molecular flexibility index (Phi) is 4.78. The molecule has 1 aromatic carbocycles. The van der Waals surface area contributed by atoms with Crippen LogP contribution in [-0.2, 0) is 16.1 Å². The van der Waals surface area contributed by atoms with E-state index in [1.165, 1.54) is 6.08 Å². The third-order valence-electron chi connectivity index (χ3n) is 2.17. The third kappa shape index (κ3) is 4.09. The smallest absolute Gasteiger partial charge is 0.160 e. The van der Waals surface area contributed by atoms with Crippen LogP contribution < -0.4 is 0 Å². The molecule has 1 aromatic rings. The Hall–Kier alpha value is -1.41. The van der Waals surface area contributed by atoms with Crippen molar-refractivity contribution < 1.29 is 9.53 Å². The van der Waals surface area contributed by atoms with Gasteiger partial charge >= 0.3 is 0 Å². The predicted molar refractivity (Wildman–Crippen MR) is 60.5 cm³/mol. The van der Waals surface area contributed by atoms with Gasteiger partial charge in [0.15, 0.2) is 5.78 Å². The fourth-order valence-electron chi connectivity index (χ4n) is 1.21. The molecular formula is C13H16O2. The molecule has 0 N–H and O–H groups in total. The predicted octanol–water partition coefficient (Wildman–Crippen LogP) is 2.59. The van der Waals surface area contributed by atoms with Gasteiger partial charge in [0, 0.05) is 5.92 Å². The number of rotatable bonds is 6. The maximum atomic E-state index is 11.2. The van der Waals surface area contributed by atoms with Gasteiger partial charge in [-0.3, -0.25) is 4.79 Å². The molecule has 0 aromatic heterocycles. The number of benzene rings is 1. The Bertz CT molecular complexity index is 317. The molecule has 80 valence electrons. The van der Waals surface area contributed by atoms with Crippen LogP contribution in [0.5, 0.6) is 0 Å². The van der Waals surface area contributed by atoms with E-state index in [-0.39, 0.29) is 11.7 Å². The standard InChI is InChI=1S/C13H16O2/c1-3-13(14)11(2)9-15-10-12-7-5-4-6-8-12/h3-8,11H,1,9-10H2,2H3/t11-/m0/s1. The quantitative estimate of drug-likeness (QED) is 0.666. The molecule has 0 radical (unpaired) electrons. The van der Waals surface area contributed by atoms with Gasteiger partial charge in [-0.05, 0) is 11.6 Å². The number of carbonyl (C=O) groups excluding carboxylic acids is 1. The second kappa shape index (κ2) is 6.14. The highest BCUT2D eigenvalue weighted by molar-refractivity contribution is 5.90. The third-order valence-corrected chi connectivity index (χ3v) is 2.17. The summed E-state index contributed by atoms with van der Waals surface area (Å²) in [5.74, 6) is -0.0747. The first-order chi connectivity index (χ1) is 7.24. The molecule has 0 aliphatic heterocycles. The molecule has 0 spiro atoms. The first-order valence-electron chi connectivity index (χ1n) is 5.02. The molecule has 0 bridgehead atoms. The number of ketones is 1. The summed E-state index contributed by atoms with van der Waals surface area (Å²) in [6.07, 6.45) is 1.34. The Labute approximate surface area is 90.6 Å². The van der Waals surface area contributed by atoms with E-state index in [4.69, 9.17) is 4.74 Å². The monoisotopic (exact) mass is 204 g/mol. The van der Waals surface area contributed by atoms with Crippen LogP contribution in [0.25, 0.3) is 0 Å². The van der Waals surface area contributed by atoms with Crippen LogP contribution in [0.4, 0.5) is 0 Å². The average Bonchev–Trinajstić information content (AvgIpc) is 2.29. The fraction of sp³-hybridized carbons (Fsp3) is 0.308. The SMILES string of the molecule is C=CC(=O)[C@@H](C)COCc1ccccc1. The highest BCUT2D eigenvalue weighted by Gasteiger charge is 2.08. The Morgan fingerprint density at radius 2 is 2.13 bits per heavy atom. The van der Waals surface area contributed by atoms with Crippen LogP contribution in [0.2, 0.25) is 0 Å². The van der Waals surface area contributed by atoms with Crippen molar-refractivity contribution in [3.05, 3.63) is 48.6 Å². The van der Waals surface area contributed by atoms with Gasteiger partial charge in [0.25, 0.3) is 0 Å². The van der Waals surface area contributed by atoms with Crippen molar-refractivity contribution in [2.75, 3.05) is 6.61 Å². The number of allylic oxidation sites excluding steroid dienone is 1. The summed E-state index contributed by atoms with van der Waals surface area (Å²) in [4.78, 5) is 11.2. The maximum absolute atomic E-state index is 11.2. The number of hydrogen-bond donors (Lipinski definition) is 0. The molecule has 0 amide bonds. The van der Waals surface area contributed by atoms with Crippen molar-refractivity contribution in [3.63, 3.8) is 0 Å². The summed E-state index contributed by atoms with van der Waals surface area (Å²) in [6, 6.07) is 9.90. The van der Waals surface area contributed by atoms with E-state index in [0.717, 1.165) is 5.56 Å². The topological polar surface area (TPSA) is 26.3 Å². The maximum Gasteiger partial charge on any atom is 0.160 e. The second-order valence-corrected chi connectivity index (χ2v) is 3.51. The van der Waals surface area contributed by atoms with Crippen molar-refractivity contribution in [2.45, 2.75) is 13.5 Å². The minimum absolute atomic E-state index is 0.0306.